The lowest BCUT2D eigenvalue weighted by molar-refractivity contribution is -0.130. The number of hydrogen-bond acceptors (Lipinski definition) is 5. The zero-order valence-corrected chi connectivity index (χ0v) is 25.0. The van der Waals surface area contributed by atoms with Gasteiger partial charge in [0.05, 0.1) is 5.52 Å². The molecule has 3 fully saturated rings. The molecule has 1 unspecified atom stereocenters. The van der Waals surface area contributed by atoms with Crippen molar-refractivity contribution in [3.05, 3.63) is 30.0 Å². The van der Waals surface area contributed by atoms with Crippen molar-refractivity contribution < 1.29 is 9.59 Å². The van der Waals surface area contributed by atoms with Crippen LogP contribution in [0.1, 0.15) is 63.0 Å². The van der Waals surface area contributed by atoms with Gasteiger partial charge in [-0.1, -0.05) is 18.2 Å². The number of nitrogens with one attached hydrogen (secondary N) is 1. The first-order valence-electron chi connectivity index (χ1n) is 12.9. The van der Waals surface area contributed by atoms with Gasteiger partial charge in [-0.15, -0.1) is 34.0 Å². The Hall–Kier alpha value is -1.49. The van der Waals surface area contributed by atoms with Crippen molar-refractivity contribution >= 4 is 56.7 Å². The summed E-state index contributed by atoms with van der Waals surface area (Å²) in [4.78, 5) is 31.9. The SMILES string of the molecule is Br.Br.CC(=O)N1CCN(CCN2[C@@H]3CC[C@H]2CC(NC(=O)c2nn(C(C)C)c4ccccc24)C3)CC1. The molecule has 1 aromatic heterocycles. The molecule has 1 aromatic carbocycles. The molecule has 2 aromatic rings. The summed E-state index contributed by atoms with van der Waals surface area (Å²) in [6.07, 6.45) is 4.48. The first kappa shape index (κ1) is 29.1. The van der Waals surface area contributed by atoms with Gasteiger partial charge in [0.25, 0.3) is 5.91 Å². The van der Waals surface area contributed by atoms with E-state index < -0.39 is 0 Å². The van der Waals surface area contributed by atoms with Crippen LogP contribution in [0.4, 0.5) is 0 Å². The van der Waals surface area contributed by atoms with Crippen LogP contribution in [0.5, 0.6) is 0 Å². The molecule has 3 saturated heterocycles. The summed E-state index contributed by atoms with van der Waals surface area (Å²) >= 11 is 0. The van der Waals surface area contributed by atoms with Gasteiger partial charge in [-0.25, -0.2) is 0 Å². The molecule has 4 heterocycles. The fourth-order valence-corrected chi connectivity index (χ4v) is 6.20. The summed E-state index contributed by atoms with van der Waals surface area (Å²) in [5, 5.41) is 8.95. The first-order chi connectivity index (χ1) is 16.4. The van der Waals surface area contributed by atoms with Gasteiger partial charge in [-0.05, 0) is 45.6 Å². The molecule has 3 atom stereocenters. The largest absolute Gasteiger partial charge is 0.348 e. The third-order valence-corrected chi connectivity index (χ3v) is 8.03. The predicted octanol–water partition coefficient (Wildman–Crippen LogP) is 3.66. The predicted molar refractivity (Wildman–Crippen MR) is 153 cm³/mol. The average Bonchev–Trinajstić information content (AvgIpc) is 3.33. The van der Waals surface area contributed by atoms with E-state index in [9.17, 15) is 9.59 Å². The molecular weight excluding hydrogens is 588 g/mol. The van der Waals surface area contributed by atoms with E-state index in [1.165, 1.54) is 12.8 Å². The molecule has 36 heavy (non-hydrogen) atoms. The Morgan fingerprint density at radius 1 is 1.00 bits per heavy atom. The molecule has 5 rings (SSSR count). The summed E-state index contributed by atoms with van der Waals surface area (Å²) in [5.41, 5.74) is 1.56. The van der Waals surface area contributed by atoms with Crippen molar-refractivity contribution in [2.45, 2.75) is 70.6 Å². The first-order valence-corrected chi connectivity index (χ1v) is 12.9. The topological polar surface area (TPSA) is 73.7 Å². The van der Waals surface area contributed by atoms with Gasteiger partial charge in [0.1, 0.15) is 0 Å². The lowest BCUT2D eigenvalue weighted by atomic mass is 9.97. The van der Waals surface area contributed by atoms with Crippen LogP contribution >= 0.6 is 34.0 Å². The van der Waals surface area contributed by atoms with Crippen molar-refractivity contribution in [2.24, 2.45) is 0 Å². The van der Waals surface area contributed by atoms with Crippen LogP contribution in [0.2, 0.25) is 0 Å². The van der Waals surface area contributed by atoms with Crippen LogP contribution in [0.25, 0.3) is 10.9 Å². The number of carbonyl (C=O) groups is 2. The summed E-state index contributed by atoms with van der Waals surface area (Å²) in [6.45, 7) is 11.6. The molecule has 3 aliphatic heterocycles. The van der Waals surface area contributed by atoms with Crippen LogP contribution in [-0.4, -0.2) is 93.7 Å². The number of benzene rings is 1. The minimum atomic E-state index is -0.0446. The maximum Gasteiger partial charge on any atom is 0.272 e. The van der Waals surface area contributed by atoms with Crippen LogP contribution < -0.4 is 5.32 Å². The van der Waals surface area contributed by atoms with Gasteiger partial charge < -0.3 is 10.2 Å². The number of piperidine rings is 1. The monoisotopic (exact) mass is 626 g/mol. The number of amides is 2. The fraction of sp³-hybridized carbons (Fsp3) is 0.654. The number of rotatable bonds is 6. The van der Waals surface area contributed by atoms with Crippen molar-refractivity contribution in [1.82, 2.24) is 29.8 Å². The highest BCUT2D eigenvalue weighted by atomic mass is 79.9. The second-order valence-electron chi connectivity index (χ2n) is 10.5. The van der Waals surface area contributed by atoms with Crippen LogP contribution in [0, 0.1) is 0 Å². The molecule has 0 radical (unpaired) electrons. The highest BCUT2D eigenvalue weighted by Crippen LogP contribution is 2.35. The summed E-state index contributed by atoms with van der Waals surface area (Å²) in [7, 11) is 0. The number of piperazine rings is 1. The summed E-state index contributed by atoms with van der Waals surface area (Å²) in [5.74, 6) is 0.141. The molecular formula is C26H40Br2N6O2. The van der Waals surface area contributed by atoms with Gasteiger partial charge in [0.2, 0.25) is 5.91 Å². The Labute approximate surface area is 235 Å². The zero-order chi connectivity index (χ0) is 23.8. The van der Waals surface area contributed by atoms with Gasteiger partial charge in [0, 0.05) is 75.7 Å². The summed E-state index contributed by atoms with van der Waals surface area (Å²) < 4.78 is 1.95. The number of fused-ring (bicyclic) bond motifs is 3. The van der Waals surface area contributed by atoms with E-state index in [0.29, 0.717) is 17.8 Å². The Bertz CT molecular complexity index is 1040. The zero-order valence-electron chi connectivity index (χ0n) is 21.6. The number of carbonyl (C=O) groups excluding carboxylic acids is 2. The molecule has 2 bridgehead atoms. The third kappa shape index (κ3) is 5.97. The lowest BCUT2D eigenvalue weighted by Gasteiger charge is -2.41. The van der Waals surface area contributed by atoms with E-state index in [-0.39, 0.29) is 57.9 Å². The Morgan fingerprint density at radius 2 is 1.64 bits per heavy atom. The van der Waals surface area contributed by atoms with E-state index in [4.69, 9.17) is 0 Å². The van der Waals surface area contributed by atoms with Crippen LogP contribution in [0.3, 0.4) is 0 Å². The van der Waals surface area contributed by atoms with E-state index in [1.54, 1.807) is 6.92 Å². The number of aromatic nitrogens is 2. The highest BCUT2D eigenvalue weighted by molar-refractivity contribution is 8.93. The van der Waals surface area contributed by atoms with Crippen LogP contribution in [-0.2, 0) is 4.79 Å². The van der Waals surface area contributed by atoms with Crippen LogP contribution in [0.15, 0.2) is 24.3 Å². The molecule has 0 spiro atoms. The molecule has 10 heteroatoms. The van der Waals surface area contributed by atoms with Gasteiger partial charge in [-0.2, -0.15) is 5.10 Å². The second kappa shape index (κ2) is 12.4. The Balaban J connectivity index is 0.00000180. The fourth-order valence-electron chi connectivity index (χ4n) is 6.20. The average molecular weight is 628 g/mol. The maximum absolute atomic E-state index is 13.2. The van der Waals surface area contributed by atoms with E-state index >= 15 is 0 Å². The third-order valence-electron chi connectivity index (χ3n) is 8.03. The Kier molecular flexibility index (Phi) is 9.99. The minimum absolute atomic E-state index is 0. The molecule has 200 valence electrons. The molecule has 1 N–H and O–H groups in total. The second-order valence-corrected chi connectivity index (χ2v) is 10.5. The van der Waals surface area contributed by atoms with Gasteiger partial charge in [-0.3, -0.25) is 24.1 Å². The highest BCUT2D eigenvalue weighted by Gasteiger charge is 2.41. The van der Waals surface area contributed by atoms with E-state index in [2.05, 4.69) is 34.1 Å². The normalized spacial score (nSPS) is 24.4. The Morgan fingerprint density at radius 3 is 2.25 bits per heavy atom. The molecule has 0 saturated carbocycles. The van der Waals surface area contributed by atoms with Crippen molar-refractivity contribution in [3.63, 3.8) is 0 Å². The smallest absolute Gasteiger partial charge is 0.272 e. The molecule has 2 amide bonds. The molecule has 8 nitrogen and oxygen atoms in total. The minimum Gasteiger partial charge on any atom is -0.348 e. The number of nitrogens with zero attached hydrogens (tertiary/aromatic N) is 5. The van der Waals surface area contributed by atoms with Gasteiger partial charge in [0.15, 0.2) is 5.69 Å². The quantitative estimate of drug-likeness (QED) is 0.529. The van der Waals surface area contributed by atoms with Crippen molar-refractivity contribution in [2.75, 3.05) is 39.3 Å². The number of para-hydroxylation sites is 1. The maximum atomic E-state index is 13.2. The lowest BCUT2D eigenvalue weighted by Crippen LogP contribution is -2.54. The summed E-state index contributed by atoms with van der Waals surface area (Å²) in [6, 6.07) is 9.53. The van der Waals surface area contributed by atoms with Crippen molar-refractivity contribution in [3.8, 4) is 0 Å². The molecule has 3 aliphatic rings. The number of halogens is 2. The number of hydrogen-bond donors (Lipinski definition) is 1. The standard InChI is InChI=1S/C26H38N6O2.2BrH/c1-18(2)32-24-7-5-4-6-23(24)25(28-32)26(34)27-20-16-21-8-9-22(17-20)31(21)15-12-29-10-13-30(14-11-29)19(3)33;;/h4-7,18,20-22H,8-17H2,1-3H3,(H,27,34);2*1H/t20?,21-,22+;;. The van der Waals surface area contributed by atoms with E-state index in [1.807, 2.05) is 33.8 Å². The molecule has 0 aliphatic carbocycles. The van der Waals surface area contributed by atoms with Crippen molar-refractivity contribution in [1.29, 1.82) is 0 Å². The van der Waals surface area contributed by atoms with Gasteiger partial charge >= 0.3 is 0 Å². The van der Waals surface area contributed by atoms with E-state index in [0.717, 1.165) is 63.0 Å².